The average molecular weight is 220 g/mol. The molecule has 1 aromatic rings. The molecule has 0 saturated carbocycles. The maximum absolute atomic E-state index is 11.6. The Bertz CT molecular complexity index is 407. The van der Waals surface area contributed by atoms with E-state index in [0.29, 0.717) is 6.42 Å². The second-order valence-electron chi connectivity index (χ2n) is 3.76. The summed E-state index contributed by atoms with van der Waals surface area (Å²) in [5.74, 6) is 1.12. The number of hydrazine groups is 1. The van der Waals surface area contributed by atoms with Gasteiger partial charge in [0.25, 0.3) is 0 Å². The maximum atomic E-state index is 11.6. The quantitative estimate of drug-likeness (QED) is 0.724. The van der Waals surface area contributed by atoms with Crippen molar-refractivity contribution in [2.24, 2.45) is 0 Å². The monoisotopic (exact) mass is 220 g/mol. The Kier molecular flexibility index (Phi) is 2.09. The summed E-state index contributed by atoms with van der Waals surface area (Å²) in [5.41, 5.74) is 1.18. The van der Waals surface area contributed by atoms with Crippen LogP contribution < -0.4 is 5.01 Å². The molecule has 2 aliphatic rings. The zero-order valence-electron chi connectivity index (χ0n) is 8.35. The van der Waals surface area contributed by atoms with Gasteiger partial charge in [0.15, 0.2) is 0 Å². The number of anilines is 1. The Morgan fingerprint density at radius 2 is 2.07 bits per heavy atom. The Hall–Kier alpha value is -1.16. The van der Waals surface area contributed by atoms with E-state index in [-0.39, 0.29) is 5.91 Å². The van der Waals surface area contributed by atoms with Crippen LogP contribution in [0.4, 0.5) is 5.69 Å². The largest absolute Gasteiger partial charge is 0.273 e. The third-order valence-corrected chi connectivity index (χ3v) is 3.86. The summed E-state index contributed by atoms with van der Waals surface area (Å²) in [6.45, 7) is 0.869. The smallest absolute Gasteiger partial charge is 0.241 e. The summed E-state index contributed by atoms with van der Waals surface area (Å²) in [7, 11) is 0. The molecule has 4 heteroatoms. The van der Waals surface area contributed by atoms with E-state index in [0.717, 1.165) is 18.8 Å². The lowest BCUT2D eigenvalue weighted by molar-refractivity contribution is -0.128. The van der Waals surface area contributed by atoms with Crippen molar-refractivity contribution in [3.63, 3.8) is 0 Å². The molecule has 2 aliphatic heterocycles. The van der Waals surface area contributed by atoms with Crippen LogP contribution in [0.3, 0.4) is 0 Å². The minimum Gasteiger partial charge on any atom is -0.273 e. The van der Waals surface area contributed by atoms with Crippen LogP contribution in [0.15, 0.2) is 29.2 Å². The standard InChI is InChI=1S/C11H12N2OS/c14-11-6-3-7-12(11)13-8-15-10-5-2-1-4-9(10)13/h1-2,4-5H,3,6-8H2. The minimum atomic E-state index is 0.257. The number of amides is 1. The van der Waals surface area contributed by atoms with Gasteiger partial charge in [0.05, 0.1) is 11.6 Å². The van der Waals surface area contributed by atoms with Crippen molar-refractivity contribution in [1.29, 1.82) is 0 Å². The highest BCUT2D eigenvalue weighted by Crippen LogP contribution is 2.39. The molecule has 3 rings (SSSR count). The first-order valence-corrected chi connectivity index (χ1v) is 6.14. The van der Waals surface area contributed by atoms with Crippen LogP contribution in [-0.4, -0.2) is 23.3 Å². The van der Waals surface area contributed by atoms with Crippen LogP contribution in [0, 0.1) is 0 Å². The van der Waals surface area contributed by atoms with Crippen molar-refractivity contribution in [3.05, 3.63) is 24.3 Å². The maximum Gasteiger partial charge on any atom is 0.241 e. The lowest BCUT2D eigenvalue weighted by atomic mass is 10.3. The molecule has 1 fully saturated rings. The number of hydrogen-bond acceptors (Lipinski definition) is 3. The third kappa shape index (κ3) is 1.40. The second kappa shape index (κ2) is 3.45. The van der Waals surface area contributed by atoms with E-state index in [9.17, 15) is 4.79 Å². The molecular formula is C11H12N2OS. The molecule has 0 unspecified atom stereocenters. The molecule has 1 saturated heterocycles. The summed E-state index contributed by atoms with van der Waals surface area (Å²) in [5, 5.41) is 3.99. The molecule has 15 heavy (non-hydrogen) atoms. The Morgan fingerprint density at radius 3 is 2.87 bits per heavy atom. The van der Waals surface area contributed by atoms with Gasteiger partial charge in [-0.25, -0.2) is 0 Å². The summed E-state index contributed by atoms with van der Waals surface area (Å²) in [4.78, 5) is 12.9. The first-order valence-electron chi connectivity index (χ1n) is 5.16. The topological polar surface area (TPSA) is 23.6 Å². The van der Waals surface area contributed by atoms with Crippen LogP contribution >= 0.6 is 11.8 Å². The van der Waals surface area contributed by atoms with Crippen LogP contribution in [0.2, 0.25) is 0 Å². The normalized spacial score (nSPS) is 19.9. The number of hydrogen-bond donors (Lipinski definition) is 0. The van der Waals surface area contributed by atoms with Gasteiger partial charge in [-0.15, -0.1) is 11.8 Å². The van der Waals surface area contributed by atoms with Crippen molar-refractivity contribution < 1.29 is 4.79 Å². The van der Waals surface area contributed by atoms with Crippen molar-refractivity contribution in [2.75, 3.05) is 17.4 Å². The highest BCUT2D eigenvalue weighted by molar-refractivity contribution is 7.99. The predicted octanol–water partition coefficient (Wildman–Crippen LogP) is 2.09. The summed E-state index contributed by atoms with van der Waals surface area (Å²) < 4.78 is 0. The number of carbonyl (C=O) groups is 1. The fourth-order valence-corrected chi connectivity index (χ4v) is 3.12. The first kappa shape index (κ1) is 9.09. The van der Waals surface area contributed by atoms with Crippen molar-refractivity contribution in [1.82, 2.24) is 5.01 Å². The van der Waals surface area contributed by atoms with Gasteiger partial charge in [0, 0.05) is 17.9 Å². The number of benzene rings is 1. The van der Waals surface area contributed by atoms with Crippen LogP contribution in [0.5, 0.6) is 0 Å². The van der Waals surface area contributed by atoms with Crippen molar-refractivity contribution in [2.45, 2.75) is 17.7 Å². The summed E-state index contributed by atoms with van der Waals surface area (Å²) in [6.07, 6.45) is 1.69. The Labute approximate surface area is 93.0 Å². The number of carbonyl (C=O) groups excluding carboxylic acids is 1. The number of thioether (sulfide) groups is 1. The van der Waals surface area contributed by atoms with Gasteiger partial charge >= 0.3 is 0 Å². The second-order valence-corrected chi connectivity index (χ2v) is 4.75. The van der Waals surface area contributed by atoms with Gasteiger partial charge in [-0.05, 0) is 18.6 Å². The van der Waals surface area contributed by atoms with E-state index in [1.165, 1.54) is 10.6 Å². The van der Waals surface area contributed by atoms with Crippen LogP contribution in [-0.2, 0) is 4.79 Å². The van der Waals surface area contributed by atoms with Crippen molar-refractivity contribution >= 4 is 23.4 Å². The molecule has 78 valence electrons. The number of para-hydroxylation sites is 1. The van der Waals surface area contributed by atoms with Crippen LogP contribution in [0.25, 0.3) is 0 Å². The molecule has 0 aromatic heterocycles. The number of rotatable bonds is 1. The molecule has 1 aromatic carbocycles. The molecular weight excluding hydrogens is 208 g/mol. The average Bonchev–Trinajstić information content (AvgIpc) is 2.83. The molecule has 0 radical (unpaired) electrons. The molecule has 3 nitrogen and oxygen atoms in total. The van der Waals surface area contributed by atoms with Gasteiger partial charge in [0.2, 0.25) is 5.91 Å². The predicted molar refractivity (Wildman–Crippen MR) is 60.6 cm³/mol. The summed E-state index contributed by atoms with van der Waals surface area (Å²) in [6, 6.07) is 8.26. The number of fused-ring (bicyclic) bond motifs is 1. The Balaban J connectivity index is 1.93. The fraction of sp³-hybridized carbons (Fsp3) is 0.364. The molecule has 0 spiro atoms. The summed E-state index contributed by atoms with van der Waals surface area (Å²) >= 11 is 1.80. The molecule has 1 amide bonds. The van der Waals surface area contributed by atoms with Crippen LogP contribution in [0.1, 0.15) is 12.8 Å². The SMILES string of the molecule is O=C1CCCN1N1CSc2ccccc21. The van der Waals surface area contributed by atoms with E-state index in [1.54, 1.807) is 11.8 Å². The highest BCUT2D eigenvalue weighted by atomic mass is 32.2. The Morgan fingerprint density at radius 1 is 1.20 bits per heavy atom. The molecule has 0 bridgehead atoms. The number of nitrogens with zero attached hydrogens (tertiary/aromatic N) is 2. The van der Waals surface area contributed by atoms with Crippen molar-refractivity contribution in [3.8, 4) is 0 Å². The van der Waals surface area contributed by atoms with Gasteiger partial charge in [-0.3, -0.25) is 14.8 Å². The highest BCUT2D eigenvalue weighted by Gasteiger charge is 2.30. The van der Waals surface area contributed by atoms with Gasteiger partial charge < -0.3 is 0 Å². The molecule has 0 aliphatic carbocycles. The minimum absolute atomic E-state index is 0.257. The van der Waals surface area contributed by atoms with Gasteiger partial charge in [-0.2, -0.15) is 0 Å². The van der Waals surface area contributed by atoms with E-state index in [4.69, 9.17) is 0 Å². The van der Waals surface area contributed by atoms with E-state index in [2.05, 4.69) is 17.1 Å². The van der Waals surface area contributed by atoms with E-state index in [1.807, 2.05) is 17.1 Å². The fourth-order valence-electron chi connectivity index (χ4n) is 2.08. The van der Waals surface area contributed by atoms with E-state index < -0.39 is 0 Å². The lowest BCUT2D eigenvalue weighted by Gasteiger charge is -2.29. The first-order chi connectivity index (χ1) is 7.36. The molecule has 0 atom stereocenters. The zero-order valence-corrected chi connectivity index (χ0v) is 9.17. The van der Waals surface area contributed by atoms with Gasteiger partial charge in [-0.1, -0.05) is 12.1 Å². The molecule has 0 N–H and O–H groups in total. The third-order valence-electron chi connectivity index (χ3n) is 2.83. The lowest BCUT2D eigenvalue weighted by Crippen LogP contribution is -2.41. The van der Waals surface area contributed by atoms with Gasteiger partial charge in [0.1, 0.15) is 0 Å². The molecule has 2 heterocycles. The zero-order chi connectivity index (χ0) is 10.3. The van der Waals surface area contributed by atoms with E-state index >= 15 is 0 Å².